The number of carbonyl (C=O) groups is 3. The fraction of sp³-hybridized carbons (Fsp3) is 0.304. The van der Waals surface area contributed by atoms with Crippen LogP contribution in [0.4, 0.5) is 10.5 Å². The highest BCUT2D eigenvalue weighted by Crippen LogP contribution is 2.38. The molecule has 0 unspecified atom stereocenters. The lowest BCUT2D eigenvalue weighted by Gasteiger charge is -2.35. The molecule has 4 heterocycles. The Morgan fingerprint density at radius 2 is 1.24 bits per heavy atom. The van der Waals surface area contributed by atoms with Crippen LogP contribution >= 0.6 is 23.2 Å². The summed E-state index contributed by atoms with van der Waals surface area (Å²) < 4.78 is 46.2. The lowest BCUT2D eigenvalue weighted by atomic mass is 9.81. The molecule has 0 N–H and O–H groups in total. The van der Waals surface area contributed by atoms with E-state index in [0.29, 0.717) is 76.3 Å². The van der Waals surface area contributed by atoms with Crippen LogP contribution in [0.5, 0.6) is 11.5 Å². The molecule has 1 aliphatic heterocycles. The molecule has 0 atom stereocenters. The molecule has 2 aliphatic carbocycles. The van der Waals surface area contributed by atoms with Crippen LogP contribution in [-0.4, -0.2) is 74.8 Å². The first-order valence-corrected chi connectivity index (χ1v) is 21.1. The lowest BCUT2D eigenvalue weighted by molar-refractivity contribution is -0.176. The average molecular weight is 898 g/mol. The fourth-order valence-corrected chi connectivity index (χ4v) is 8.09. The summed E-state index contributed by atoms with van der Waals surface area (Å²) in [4.78, 5) is 69.1. The van der Waals surface area contributed by atoms with Gasteiger partial charge >= 0.3 is 18.0 Å². The number of aromatic nitrogens is 1. The number of nitrogens with zero attached hydrogens (tertiary/aromatic N) is 2. The van der Waals surface area contributed by atoms with Crippen molar-refractivity contribution < 1.29 is 51.6 Å². The molecule has 3 fully saturated rings. The number of para-hydroxylation sites is 2. The van der Waals surface area contributed by atoms with Crippen LogP contribution in [-0.2, 0) is 28.5 Å². The molecule has 324 valence electrons. The summed E-state index contributed by atoms with van der Waals surface area (Å²) in [6, 6.07) is 19.4. The third-order valence-electron chi connectivity index (χ3n) is 11.2. The molecule has 9 rings (SSSR count). The molecule has 3 aromatic carbocycles. The molecule has 6 aromatic rings. The normalized spacial score (nSPS) is 19.3. The maximum atomic E-state index is 13.0. The van der Waals surface area contributed by atoms with E-state index in [4.69, 9.17) is 60.5 Å². The van der Waals surface area contributed by atoms with Crippen LogP contribution in [0.25, 0.3) is 44.6 Å². The number of pyridine rings is 1. The summed E-state index contributed by atoms with van der Waals surface area (Å²) in [7, 11) is 0. The second kappa shape index (κ2) is 18.2. The Kier molecular flexibility index (Phi) is 12.2. The lowest BCUT2D eigenvalue weighted by Crippen LogP contribution is -2.42. The Labute approximate surface area is 368 Å². The van der Waals surface area contributed by atoms with Crippen LogP contribution < -0.4 is 25.2 Å². The van der Waals surface area contributed by atoms with Crippen LogP contribution in [0, 0.1) is 11.8 Å². The summed E-state index contributed by atoms with van der Waals surface area (Å²) >= 11 is 12.6. The molecule has 3 aromatic heterocycles. The number of benzene rings is 3. The number of ether oxygens (including phenoxy) is 6. The molecule has 0 bridgehead atoms. The summed E-state index contributed by atoms with van der Waals surface area (Å²) in [6.45, 7) is 1.30. The van der Waals surface area contributed by atoms with Gasteiger partial charge in [0.1, 0.15) is 42.8 Å². The van der Waals surface area contributed by atoms with Crippen molar-refractivity contribution in [2.24, 2.45) is 11.8 Å². The molecular weight excluding hydrogens is 859 g/mol. The van der Waals surface area contributed by atoms with Gasteiger partial charge in [0.15, 0.2) is 22.0 Å². The van der Waals surface area contributed by atoms with Crippen LogP contribution in [0.2, 0.25) is 10.0 Å². The predicted octanol–water partition coefficient (Wildman–Crippen LogP) is 8.01. The summed E-state index contributed by atoms with van der Waals surface area (Å²) in [6.07, 6.45) is 3.78. The molecule has 15 nitrogen and oxygen atoms in total. The highest BCUT2D eigenvalue weighted by Gasteiger charge is 2.41. The smallest absolute Gasteiger partial charge is 0.414 e. The van der Waals surface area contributed by atoms with E-state index in [2.05, 4.69) is 4.98 Å². The number of amides is 1. The number of hydrogen-bond donors (Lipinski definition) is 0. The Hall–Kier alpha value is -6.26. The minimum Gasteiger partial charge on any atom is -0.490 e. The van der Waals surface area contributed by atoms with Crippen molar-refractivity contribution in [3.8, 4) is 34.1 Å². The van der Waals surface area contributed by atoms with Crippen molar-refractivity contribution in [1.29, 1.82) is 0 Å². The van der Waals surface area contributed by atoms with Gasteiger partial charge in [-0.05, 0) is 68.1 Å². The quantitative estimate of drug-likeness (QED) is 0.0549. The van der Waals surface area contributed by atoms with Crippen molar-refractivity contribution in [2.45, 2.75) is 37.9 Å². The Bertz CT molecular complexity index is 2850. The van der Waals surface area contributed by atoms with Crippen molar-refractivity contribution in [2.75, 3.05) is 44.5 Å². The Balaban J connectivity index is 0.705. The van der Waals surface area contributed by atoms with Crippen molar-refractivity contribution in [1.82, 2.24) is 4.98 Å². The van der Waals surface area contributed by atoms with E-state index in [0.717, 1.165) is 0 Å². The summed E-state index contributed by atoms with van der Waals surface area (Å²) in [5.41, 5.74) is 1.55. The van der Waals surface area contributed by atoms with E-state index in [9.17, 15) is 24.0 Å². The Morgan fingerprint density at radius 1 is 0.683 bits per heavy atom. The van der Waals surface area contributed by atoms with Gasteiger partial charge in [0.05, 0.1) is 87.6 Å². The zero-order valence-electron chi connectivity index (χ0n) is 33.4. The van der Waals surface area contributed by atoms with Crippen molar-refractivity contribution >= 4 is 68.9 Å². The number of rotatable bonds is 15. The minimum atomic E-state index is -0.579. The van der Waals surface area contributed by atoms with Gasteiger partial charge in [-0.2, -0.15) is 0 Å². The van der Waals surface area contributed by atoms with E-state index >= 15 is 0 Å². The first-order chi connectivity index (χ1) is 30.6. The predicted molar refractivity (Wildman–Crippen MR) is 229 cm³/mol. The second-order valence-electron chi connectivity index (χ2n) is 15.3. The monoisotopic (exact) mass is 896 g/mol. The number of hydrogen-bond acceptors (Lipinski definition) is 14. The molecular formula is C46H38Cl2N2O13. The van der Waals surface area contributed by atoms with Crippen LogP contribution in [0.3, 0.4) is 0 Å². The van der Waals surface area contributed by atoms with Gasteiger partial charge in [-0.3, -0.25) is 29.1 Å². The van der Waals surface area contributed by atoms with Gasteiger partial charge < -0.3 is 37.3 Å². The SMILES string of the molecule is O=C(OC(=O)C1CC(OCCOc2cc(N3CCOC3=O)ccc2-c2cc(=O)c3cccc(Cl)c3o2)C1)C1CC(OCCOc2cnccc2-c2cc(=O)c3cccc(Cl)c3o2)C1. The number of anilines is 1. The number of fused-ring (bicyclic) bond motifs is 2. The van der Waals surface area contributed by atoms with E-state index in [1.807, 2.05) is 0 Å². The van der Waals surface area contributed by atoms with E-state index in [-0.39, 0.29) is 83.8 Å². The number of halogens is 2. The Morgan fingerprint density at radius 3 is 1.79 bits per heavy atom. The summed E-state index contributed by atoms with van der Waals surface area (Å²) in [5, 5.41) is 1.32. The van der Waals surface area contributed by atoms with Crippen molar-refractivity contribution in [3.63, 3.8) is 0 Å². The first kappa shape index (κ1) is 42.1. The molecule has 1 saturated heterocycles. The number of esters is 2. The van der Waals surface area contributed by atoms with Gasteiger partial charge in [0, 0.05) is 24.4 Å². The van der Waals surface area contributed by atoms with Gasteiger partial charge in [-0.25, -0.2) is 4.79 Å². The largest absolute Gasteiger partial charge is 0.490 e. The average Bonchev–Trinajstić information content (AvgIpc) is 3.68. The topological polar surface area (TPSA) is 183 Å². The molecule has 3 aliphatic rings. The third kappa shape index (κ3) is 9.00. The molecule has 17 heteroatoms. The molecule has 2 saturated carbocycles. The molecule has 0 spiro atoms. The van der Waals surface area contributed by atoms with Gasteiger partial charge in [0.25, 0.3) is 0 Å². The van der Waals surface area contributed by atoms with E-state index in [1.54, 1.807) is 66.9 Å². The maximum absolute atomic E-state index is 13.0. The van der Waals surface area contributed by atoms with Crippen LogP contribution in [0.15, 0.2) is 104 Å². The highest BCUT2D eigenvalue weighted by atomic mass is 35.5. The highest BCUT2D eigenvalue weighted by molar-refractivity contribution is 6.35. The van der Waals surface area contributed by atoms with E-state index < -0.39 is 29.9 Å². The van der Waals surface area contributed by atoms with Gasteiger partial charge in [-0.1, -0.05) is 35.3 Å². The van der Waals surface area contributed by atoms with Crippen LogP contribution in [0.1, 0.15) is 25.7 Å². The fourth-order valence-electron chi connectivity index (χ4n) is 7.67. The molecule has 1 amide bonds. The molecule has 63 heavy (non-hydrogen) atoms. The number of carbonyl (C=O) groups excluding carboxylic acids is 3. The van der Waals surface area contributed by atoms with Gasteiger partial charge in [-0.15, -0.1) is 0 Å². The van der Waals surface area contributed by atoms with E-state index in [1.165, 1.54) is 23.2 Å². The maximum Gasteiger partial charge on any atom is 0.414 e. The van der Waals surface area contributed by atoms with Crippen molar-refractivity contribution in [3.05, 3.63) is 116 Å². The minimum absolute atomic E-state index is 0.103. The second-order valence-corrected chi connectivity index (χ2v) is 16.1. The van der Waals surface area contributed by atoms with Gasteiger partial charge in [0.2, 0.25) is 0 Å². The first-order valence-electron chi connectivity index (χ1n) is 20.3. The molecule has 0 radical (unpaired) electrons. The zero-order valence-corrected chi connectivity index (χ0v) is 34.9. The third-order valence-corrected chi connectivity index (χ3v) is 11.8. The zero-order chi connectivity index (χ0) is 43.6. The number of cyclic esters (lactones) is 1. The standard InChI is InChI=1S/C46H38Cl2N2O13/c47-34-5-1-3-30-36(51)22-39(61-42(30)34)32-8-7-27(50-11-12-60-46(50)55)21-38(32)58-15-13-56-28-17-25(18-28)44(53)63-45(54)26-19-29(20-26)57-14-16-59-41-24-49-10-9-33(41)40-23-37(52)31-4-2-6-35(48)43(31)62-40/h1-10,21-26,28-29H,11-20H2. The summed E-state index contributed by atoms with van der Waals surface area (Å²) in [5.74, 6) is -0.810.